The van der Waals surface area contributed by atoms with E-state index in [-0.39, 0.29) is 5.91 Å². The van der Waals surface area contributed by atoms with E-state index in [4.69, 9.17) is 4.74 Å². The normalized spacial score (nSPS) is 31.0. The number of nitrogens with one attached hydrogen (secondary N) is 1. The van der Waals surface area contributed by atoms with Crippen LogP contribution in [0.1, 0.15) is 6.42 Å². The van der Waals surface area contributed by atoms with Crippen molar-refractivity contribution in [2.75, 3.05) is 33.0 Å². The lowest BCUT2D eigenvalue weighted by Gasteiger charge is -2.16. The molecule has 0 aromatic carbocycles. The van der Waals surface area contributed by atoms with Crippen LogP contribution >= 0.6 is 0 Å². The molecule has 2 aliphatic rings. The van der Waals surface area contributed by atoms with Gasteiger partial charge in [0.1, 0.15) is 0 Å². The number of rotatable bonds is 2. The van der Waals surface area contributed by atoms with E-state index in [9.17, 15) is 4.79 Å². The summed E-state index contributed by atoms with van der Waals surface area (Å²) in [5, 5.41) is 2.79. The van der Waals surface area contributed by atoms with Gasteiger partial charge in [0.2, 0.25) is 5.91 Å². The highest BCUT2D eigenvalue weighted by atomic mass is 16.5. The Labute approximate surface area is 71.9 Å². The average Bonchev–Trinajstić information content (AvgIpc) is 2.63. The molecule has 4 heteroatoms. The molecule has 0 saturated carbocycles. The Morgan fingerprint density at radius 3 is 3.17 bits per heavy atom. The first kappa shape index (κ1) is 8.01. The van der Waals surface area contributed by atoms with E-state index >= 15 is 0 Å². The molecule has 1 N–H and O–H groups in total. The molecule has 2 heterocycles. The van der Waals surface area contributed by atoms with Gasteiger partial charge in [-0.25, -0.2) is 0 Å². The predicted octanol–water partition coefficient (Wildman–Crippen LogP) is -0.588. The summed E-state index contributed by atoms with van der Waals surface area (Å²) in [5.41, 5.74) is 0. The third-order valence-corrected chi connectivity index (χ3v) is 2.41. The summed E-state index contributed by atoms with van der Waals surface area (Å²) in [5.74, 6) is 0.784. The van der Waals surface area contributed by atoms with Gasteiger partial charge in [0.15, 0.2) is 0 Å². The lowest BCUT2D eigenvalue weighted by atomic mass is 10.1. The van der Waals surface area contributed by atoms with E-state index in [1.807, 2.05) is 0 Å². The molecular weight excluding hydrogens is 156 g/mol. The monoisotopic (exact) mass is 170 g/mol. The molecule has 0 aliphatic carbocycles. The van der Waals surface area contributed by atoms with Gasteiger partial charge < -0.3 is 10.1 Å². The second-order valence-electron chi connectivity index (χ2n) is 3.50. The topological polar surface area (TPSA) is 41.6 Å². The molecule has 0 unspecified atom stereocenters. The number of carbonyl (C=O) groups is 1. The van der Waals surface area contributed by atoms with Crippen molar-refractivity contribution in [2.45, 2.75) is 6.42 Å². The summed E-state index contributed by atoms with van der Waals surface area (Å²) in [4.78, 5) is 13.0. The standard InChI is InChI=1S/C8H14N2O2/c11-8-4-10(6-9-8)3-7-1-2-12-5-7/h7H,1-6H2,(H,9,11)/t7-/m1/s1. The summed E-state index contributed by atoms with van der Waals surface area (Å²) in [6.07, 6.45) is 1.14. The first-order chi connectivity index (χ1) is 5.84. The summed E-state index contributed by atoms with van der Waals surface area (Å²) in [6, 6.07) is 0. The molecule has 68 valence electrons. The van der Waals surface area contributed by atoms with E-state index < -0.39 is 0 Å². The number of hydrogen-bond acceptors (Lipinski definition) is 3. The third kappa shape index (κ3) is 1.76. The predicted molar refractivity (Wildman–Crippen MR) is 43.5 cm³/mol. The molecular formula is C8H14N2O2. The SMILES string of the molecule is O=C1CN(C[C@H]2CCOC2)CN1. The largest absolute Gasteiger partial charge is 0.381 e. The van der Waals surface area contributed by atoms with Crippen LogP contribution in [-0.4, -0.2) is 43.8 Å². The summed E-state index contributed by atoms with van der Waals surface area (Å²) < 4.78 is 5.26. The average molecular weight is 170 g/mol. The number of carbonyl (C=O) groups excluding carboxylic acids is 1. The van der Waals surface area contributed by atoms with Crippen LogP contribution in [0.2, 0.25) is 0 Å². The first-order valence-corrected chi connectivity index (χ1v) is 4.41. The van der Waals surface area contributed by atoms with Gasteiger partial charge in [-0.05, 0) is 12.3 Å². The van der Waals surface area contributed by atoms with Crippen LogP contribution in [-0.2, 0) is 9.53 Å². The number of ether oxygens (including phenoxy) is 1. The van der Waals surface area contributed by atoms with Crippen molar-refractivity contribution < 1.29 is 9.53 Å². The highest BCUT2D eigenvalue weighted by Gasteiger charge is 2.23. The molecule has 0 bridgehead atoms. The summed E-state index contributed by atoms with van der Waals surface area (Å²) in [7, 11) is 0. The zero-order valence-corrected chi connectivity index (χ0v) is 7.08. The van der Waals surface area contributed by atoms with Gasteiger partial charge >= 0.3 is 0 Å². The van der Waals surface area contributed by atoms with Crippen molar-refractivity contribution in [3.8, 4) is 0 Å². The van der Waals surface area contributed by atoms with Gasteiger partial charge in [0.25, 0.3) is 0 Å². The molecule has 4 nitrogen and oxygen atoms in total. The minimum absolute atomic E-state index is 0.147. The van der Waals surface area contributed by atoms with Crippen LogP contribution in [0.4, 0.5) is 0 Å². The Bertz CT molecular complexity index is 178. The Morgan fingerprint density at radius 1 is 1.67 bits per heavy atom. The minimum Gasteiger partial charge on any atom is -0.381 e. The highest BCUT2D eigenvalue weighted by molar-refractivity contribution is 5.79. The number of nitrogens with zero attached hydrogens (tertiary/aromatic N) is 1. The second kappa shape index (κ2) is 3.41. The Kier molecular flexibility index (Phi) is 2.28. The van der Waals surface area contributed by atoms with Crippen molar-refractivity contribution in [1.29, 1.82) is 0 Å². The van der Waals surface area contributed by atoms with Crippen molar-refractivity contribution in [3.05, 3.63) is 0 Å². The molecule has 2 saturated heterocycles. The van der Waals surface area contributed by atoms with Crippen molar-refractivity contribution in [1.82, 2.24) is 10.2 Å². The second-order valence-corrected chi connectivity index (χ2v) is 3.50. The van der Waals surface area contributed by atoms with E-state index in [0.717, 1.165) is 32.8 Å². The number of hydrogen-bond donors (Lipinski definition) is 1. The smallest absolute Gasteiger partial charge is 0.235 e. The van der Waals surface area contributed by atoms with Gasteiger partial charge in [-0.15, -0.1) is 0 Å². The summed E-state index contributed by atoms with van der Waals surface area (Å²) >= 11 is 0. The van der Waals surface area contributed by atoms with Gasteiger partial charge in [0.05, 0.1) is 19.8 Å². The van der Waals surface area contributed by atoms with E-state index in [1.54, 1.807) is 0 Å². The fourth-order valence-corrected chi connectivity index (χ4v) is 1.74. The molecule has 0 spiro atoms. The van der Waals surface area contributed by atoms with E-state index in [1.165, 1.54) is 0 Å². The van der Waals surface area contributed by atoms with Crippen LogP contribution in [0.3, 0.4) is 0 Å². The highest BCUT2D eigenvalue weighted by Crippen LogP contribution is 2.14. The van der Waals surface area contributed by atoms with Gasteiger partial charge in [-0.1, -0.05) is 0 Å². The molecule has 1 atom stereocenters. The molecule has 12 heavy (non-hydrogen) atoms. The maximum Gasteiger partial charge on any atom is 0.235 e. The maximum absolute atomic E-state index is 10.8. The van der Waals surface area contributed by atoms with Gasteiger partial charge in [-0.2, -0.15) is 0 Å². The van der Waals surface area contributed by atoms with Crippen LogP contribution in [0, 0.1) is 5.92 Å². The minimum atomic E-state index is 0.147. The molecule has 0 radical (unpaired) electrons. The first-order valence-electron chi connectivity index (χ1n) is 4.41. The zero-order valence-electron chi connectivity index (χ0n) is 7.08. The molecule has 0 aromatic rings. The molecule has 2 aliphatic heterocycles. The Hall–Kier alpha value is -0.610. The fourth-order valence-electron chi connectivity index (χ4n) is 1.74. The van der Waals surface area contributed by atoms with Crippen molar-refractivity contribution in [3.63, 3.8) is 0 Å². The zero-order chi connectivity index (χ0) is 8.39. The Morgan fingerprint density at radius 2 is 2.58 bits per heavy atom. The lowest BCUT2D eigenvalue weighted by Crippen LogP contribution is -2.28. The van der Waals surface area contributed by atoms with Gasteiger partial charge in [-0.3, -0.25) is 9.69 Å². The van der Waals surface area contributed by atoms with E-state index in [2.05, 4.69) is 10.2 Å². The number of amides is 1. The van der Waals surface area contributed by atoms with Crippen LogP contribution < -0.4 is 5.32 Å². The lowest BCUT2D eigenvalue weighted by molar-refractivity contribution is -0.118. The van der Waals surface area contributed by atoms with Gasteiger partial charge in [0, 0.05) is 13.2 Å². The summed E-state index contributed by atoms with van der Waals surface area (Å²) in [6.45, 7) is 4.04. The molecule has 0 aromatic heterocycles. The molecule has 2 rings (SSSR count). The molecule has 2 fully saturated rings. The van der Waals surface area contributed by atoms with Crippen LogP contribution in [0.25, 0.3) is 0 Å². The Balaban J connectivity index is 1.75. The van der Waals surface area contributed by atoms with E-state index in [0.29, 0.717) is 12.5 Å². The van der Waals surface area contributed by atoms with Crippen LogP contribution in [0.5, 0.6) is 0 Å². The van der Waals surface area contributed by atoms with Crippen molar-refractivity contribution >= 4 is 5.91 Å². The quantitative estimate of drug-likeness (QED) is 0.602. The van der Waals surface area contributed by atoms with Crippen LogP contribution in [0.15, 0.2) is 0 Å². The maximum atomic E-state index is 10.8. The third-order valence-electron chi connectivity index (χ3n) is 2.41. The van der Waals surface area contributed by atoms with Crippen molar-refractivity contribution in [2.24, 2.45) is 5.92 Å². The fraction of sp³-hybridized carbons (Fsp3) is 0.875. The molecule has 1 amide bonds.